The molecule has 3 rings (SSSR count). The molecule has 1 aliphatic rings. The van der Waals surface area contributed by atoms with Crippen molar-refractivity contribution in [1.82, 2.24) is 9.62 Å². The third-order valence-corrected chi connectivity index (χ3v) is 6.91. The number of carbonyl (C=O) groups is 1. The zero-order chi connectivity index (χ0) is 20.0. The van der Waals surface area contributed by atoms with Crippen molar-refractivity contribution < 1.29 is 13.2 Å². The third kappa shape index (κ3) is 5.22. The minimum absolute atomic E-state index is 0.146. The predicted octanol–water partition coefficient (Wildman–Crippen LogP) is 3.84. The molecule has 148 valence electrons. The van der Waals surface area contributed by atoms with Gasteiger partial charge in [0.2, 0.25) is 15.9 Å². The smallest absolute Gasteiger partial charge is 0.244 e. The Labute approximate surface area is 171 Å². The van der Waals surface area contributed by atoms with Crippen LogP contribution in [-0.4, -0.2) is 31.7 Å². The van der Waals surface area contributed by atoms with Crippen molar-refractivity contribution in [2.24, 2.45) is 0 Å². The molecule has 7 heteroatoms. The quantitative estimate of drug-likeness (QED) is 0.724. The fraction of sp³-hybridized carbons (Fsp3) is 0.286. The lowest BCUT2D eigenvalue weighted by molar-refractivity contribution is -0.116. The Kier molecular flexibility index (Phi) is 6.88. The molecule has 28 heavy (non-hydrogen) atoms. The van der Waals surface area contributed by atoms with Crippen LogP contribution >= 0.6 is 11.6 Å². The van der Waals surface area contributed by atoms with E-state index in [0.29, 0.717) is 23.7 Å². The highest BCUT2D eigenvalue weighted by molar-refractivity contribution is 7.89. The molecule has 0 spiro atoms. The molecular formula is C21H23ClN2O3S. The summed E-state index contributed by atoms with van der Waals surface area (Å²) in [5.74, 6) is -0.292. The number of rotatable bonds is 6. The van der Waals surface area contributed by atoms with Gasteiger partial charge in [-0.3, -0.25) is 4.79 Å². The van der Waals surface area contributed by atoms with Gasteiger partial charge in [-0.25, -0.2) is 8.42 Å². The first kappa shape index (κ1) is 20.6. The van der Waals surface area contributed by atoms with Crippen molar-refractivity contribution in [3.8, 4) is 0 Å². The molecule has 0 unspecified atom stereocenters. The topological polar surface area (TPSA) is 66.5 Å². The number of amides is 1. The second-order valence-electron chi connectivity index (χ2n) is 6.68. The molecule has 0 saturated carbocycles. The summed E-state index contributed by atoms with van der Waals surface area (Å²) in [4.78, 5) is 12.4. The number of nitrogens with one attached hydrogen (secondary N) is 1. The predicted molar refractivity (Wildman–Crippen MR) is 111 cm³/mol. The maximum atomic E-state index is 13.0. The van der Waals surface area contributed by atoms with Crippen LogP contribution in [0.1, 0.15) is 30.4 Å². The minimum atomic E-state index is -3.55. The Bertz CT molecular complexity index is 950. The maximum Gasteiger partial charge on any atom is 0.244 e. The van der Waals surface area contributed by atoms with E-state index >= 15 is 0 Å². The van der Waals surface area contributed by atoms with Crippen molar-refractivity contribution in [2.45, 2.75) is 30.7 Å². The van der Waals surface area contributed by atoms with E-state index in [9.17, 15) is 13.2 Å². The van der Waals surface area contributed by atoms with E-state index in [1.54, 1.807) is 42.5 Å². The van der Waals surface area contributed by atoms with Gasteiger partial charge in [0.05, 0.1) is 4.90 Å². The van der Waals surface area contributed by atoms with Crippen molar-refractivity contribution in [3.63, 3.8) is 0 Å². The number of carbonyl (C=O) groups excluding carboxylic acids is 1. The minimum Gasteiger partial charge on any atom is -0.348 e. The number of halogens is 1. The van der Waals surface area contributed by atoms with Gasteiger partial charge in [0.15, 0.2) is 0 Å². The zero-order valence-corrected chi connectivity index (χ0v) is 17.0. The fourth-order valence-corrected chi connectivity index (χ4v) is 5.00. The van der Waals surface area contributed by atoms with Crippen LogP contribution < -0.4 is 5.32 Å². The van der Waals surface area contributed by atoms with E-state index < -0.39 is 10.0 Å². The van der Waals surface area contributed by atoms with Gasteiger partial charge >= 0.3 is 0 Å². The SMILES string of the molecule is O=C(/C=C/c1ccc(Cl)cc1)NCc1ccccc1S(=O)(=O)N1CCCCC1. The van der Waals surface area contributed by atoms with Crippen LogP contribution in [0.4, 0.5) is 0 Å². The number of hydrogen-bond donors (Lipinski definition) is 1. The highest BCUT2D eigenvalue weighted by Crippen LogP contribution is 2.23. The molecule has 0 aliphatic carbocycles. The van der Waals surface area contributed by atoms with Crippen molar-refractivity contribution in [2.75, 3.05) is 13.1 Å². The fourth-order valence-electron chi connectivity index (χ4n) is 3.13. The number of benzene rings is 2. The van der Waals surface area contributed by atoms with Crippen LogP contribution in [0, 0.1) is 0 Å². The van der Waals surface area contributed by atoms with Gasteiger partial charge in [-0.1, -0.05) is 48.4 Å². The van der Waals surface area contributed by atoms with Crippen LogP contribution in [0.2, 0.25) is 5.02 Å². The van der Waals surface area contributed by atoms with Crippen molar-refractivity contribution >= 4 is 33.6 Å². The standard InChI is InChI=1S/C21H23ClN2O3S/c22-19-11-8-17(9-12-19)10-13-21(25)23-16-18-6-2-3-7-20(18)28(26,27)24-14-4-1-5-15-24/h2-3,6-13H,1,4-5,14-16H2,(H,23,25)/b13-10+. The van der Waals surface area contributed by atoms with Gasteiger partial charge in [-0.2, -0.15) is 4.31 Å². The highest BCUT2D eigenvalue weighted by atomic mass is 35.5. The number of nitrogens with zero attached hydrogens (tertiary/aromatic N) is 1. The van der Waals surface area contributed by atoms with Gasteiger partial charge in [-0.05, 0) is 48.2 Å². The first-order valence-corrected chi connectivity index (χ1v) is 11.1. The van der Waals surface area contributed by atoms with Gasteiger partial charge in [-0.15, -0.1) is 0 Å². The summed E-state index contributed by atoms with van der Waals surface area (Å²) in [6.45, 7) is 1.24. The van der Waals surface area contributed by atoms with Crippen LogP contribution in [0.25, 0.3) is 6.08 Å². The van der Waals surface area contributed by atoms with E-state index in [0.717, 1.165) is 24.8 Å². The summed E-state index contributed by atoms with van der Waals surface area (Å²) in [6.07, 6.45) is 5.93. The van der Waals surface area contributed by atoms with E-state index in [1.165, 1.54) is 10.4 Å². The van der Waals surface area contributed by atoms with Crippen LogP contribution in [0.3, 0.4) is 0 Å². The first-order chi connectivity index (χ1) is 13.5. The normalized spacial score (nSPS) is 15.6. The second-order valence-corrected chi connectivity index (χ2v) is 9.02. The zero-order valence-electron chi connectivity index (χ0n) is 15.5. The molecule has 2 aromatic rings. The monoisotopic (exact) mass is 418 g/mol. The van der Waals surface area contributed by atoms with Gasteiger partial charge in [0.1, 0.15) is 0 Å². The van der Waals surface area contributed by atoms with E-state index in [4.69, 9.17) is 11.6 Å². The molecule has 1 amide bonds. The first-order valence-electron chi connectivity index (χ1n) is 9.26. The lowest BCUT2D eigenvalue weighted by Crippen LogP contribution is -2.36. The van der Waals surface area contributed by atoms with Gasteiger partial charge in [0, 0.05) is 30.7 Å². The van der Waals surface area contributed by atoms with Gasteiger partial charge in [0.25, 0.3) is 0 Å². The highest BCUT2D eigenvalue weighted by Gasteiger charge is 2.27. The van der Waals surface area contributed by atoms with Crippen molar-refractivity contribution in [3.05, 3.63) is 70.8 Å². The lowest BCUT2D eigenvalue weighted by atomic mass is 10.2. The summed E-state index contributed by atoms with van der Waals surface area (Å²) >= 11 is 5.84. The molecule has 5 nitrogen and oxygen atoms in total. The molecule has 1 fully saturated rings. The second kappa shape index (κ2) is 9.37. The summed E-state index contributed by atoms with van der Waals surface area (Å²) in [5, 5.41) is 3.39. The van der Waals surface area contributed by atoms with Crippen LogP contribution in [0.15, 0.2) is 59.5 Å². The molecule has 2 aromatic carbocycles. The Balaban J connectivity index is 1.68. The van der Waals surface area contributed by atoms with Crippen LogP contribution in [0.5, 0.6) is 0 Å². The molecule has 1 saturated heterocycles. The largest absolute Gasteiger partial charge is 0.348 e. The molecule has 1 aliphatic heterocycles. The Hall–Kier alpha value is -2.15. The maximum absolute atomic E-state index is 13.0. The molecule has 0 aromatic heterocycles. The molecule has 0 atom stereocenters. The molecular weight excluding hydrogens is 396 g/mol. The summed E-state index contributed by atoms with van der Waals surface area (Å²) in [6, 6.07) is 14.0. The number of hydrogen-bond acceptors (Lipinski definition) is 3. The molecule has 0 radical (unpaired) electrons. The Morgan fingerprint density at radius 3 is 2.43 bits per heavy atom. The third-order valence-electron chi connectivity index (χ3n) is 4.66. The number of sulfonamides is 1. The lowest BCUT2D eigenvalue weighted by Gasteiger charge is -2.26. The average molecular weight is 419 g/mol. The average Bonchev–Trinajstić information content (AvgIpc) is 2.72. The van der Waals surface area contributed by atoms with Crippen LogP contribution in [-0.2, 0) is 21.4 Å². The van der Waals surface area contributed by atoms with Gasteiger partial charge < -0.3 is 5.32 Å². The Morgan fingerprint density at radius 1 is 1.04 bits per heavy atom. The number of piperidine rings is 1. The summed E-state index contributed by atoms with van der Waals surface area (Å²) < 4.78 is 27.5. The van der Waals surface area contributed by atoms with E-state index in [2.05, 4.69) is 5.32 Å². The Morgan fingerprint density at radius 2 is 1.71 bits per heavy atom. The summed E-state index contributed by atoms with van der Waals surface area (Å²) in [7, 11) is -3.55. The molecule has 1 N–H and O–H groups in total. The van der Waals surface area contributed by atoms with E-state index in [1.807, 2.05) is 12.1 Å². The molecule has 1 heterocycles. The van der Waals surface area contributed by atoms with E-state index in [-0.39, 0.29) is 17.3 Å². The van der Waals surface area contributed by atoms with Crippen molar-refractivity contribution in [1.29, 1.82) is 0 Å². The summed E-state index contributed by atoms with van der Waals surface area (Å²) in [5.41, 5.74) is 1.44. The molecule has 0 bridgehead atoms.